The second-order valence-electron chi connectivity index (χ2n) is 13.1. The molecular weight excluding hydrogens is 529 g/mol. The molecule has 0 radical (unpaired) electrons. The topological polar surface area (TPSA) is 93.1 Å². The number of hydrogen-bond donors (Lipinski definition) is 2. The molecule has 0 aliphatic rings. The number of esters is 2. The van der Waals surface area contributed by atoms with Crippen molar-refractivity contribution in [2.24, 2.45) is 0 Å². The molecule has 7 nitrogen and oxygen atoms in total. The fourth-order valence-electron chi connectivity index (χ4n) is 5.56. The molecule has 0 aromatic rings. The number of rotatable bonds is 31. The number of carbonyl (C=O) groups excluding carboxylic acids is 2. The molecule has 1 atom stereocenters. The monoisotopic (exact) mass is 599 g/mol. The Morgan fingerprint density at radius 3 is 1.33 bits per heavy atom. The molecule has 0 amide bonds. The van der Waals surface area contributed by atoms with E-state index in [-0.39, 0.29) is 29.5 Å². The van der Waals surface area contributed by atoms with Crippen LogP contribution in [-0.2, 0) is 19.1 Å². The minimum Gasteiger partial charge on any atom is -0.461 e. The predicted octanol–water partition coefficient (Wildman–Crippen LogP) is 7.93. The fourth-order valence-corrected chi connectivity index (χ4v) is 5.56. The number of quaternary nitrogens is 1. The maximum atomic E-state index is 12.6. The molecule has 0 aliphatic carbocycles. The molecule has 248 valence electrons. The lowest BCUT2D eigenvalue weighted by Gasteiger charge is -2.32. The van der Waals surface area contributed by atoms with E-state index in [4.69, 9.17) is 9.47 Å². The second-order valence-corrected chi connectivity index (χ2v) is 13.1. The third-order valence-corrected chi connectivity index (χ3v) is 8.05. The van der Waals surface area contributed by atoms with Crippen LogP contribution < -0.4 is 0 Å². The molecule has 42 heavy (non-hydrogen) atoms. The van der Waals surface area contributed by atoms with E-state index in [0.717, 1.165) is 38.5 Å². The summed E-state index contributed by atoms with van der Waals surface area (Å²) < 4.78 is 11.5. The molecule has 2 N–H and O–H groups in total. The molecule has 0 saturated carbocycles. The van der Waals surface area contributed by atoms with E-state index in [9.17, 15) is 19.6 Å². The van der Waals surface area contributed by atoms with Crippen LogP contribution in [0, 0.1) is 0 Å². The summed E-state index contributed by atoms with van der Waals surface area (Å²) in [6, 6.07) is 0. The van der Waals surface area contributed by atoms with Gasteiger partial charge in [-0.2, -0.15) is 0 Å². The van der Waals surface area contributed by atoms with Gasteiger partial charge in [0.1, 0.15) is 19.6 Å². The van der Waals surface area contributed by atoms with E-state index >= 15 is 0 Å². The summed E-state index contributed by atoms with van der Waals surface area (Å²) in [5.41, 5.74) is 0. The van der Waals surface area contributed by atoms with Crippen LogP contribution in [0.5, 0.6) is 0 Å². The van der Waals surface area contributed by atoms with E-state index in [2.05, 4.69) is 13.8 Å². The van der Waals surface area contributed by atoms with Crippen LogP contribution in [0.3, 0.4) is 0 Å². The summed E-state index contributed by atoms with van der Waals surface area (Å²) >= 11 is 0. The van der Waals surface area contributed by atoms with Crippen LogP contribution in [0.4, 0.5) is 0 Å². The van der Waals surface area contributed by atoms with Crippen LogP contribution in [0.1, 0.15) is 168 Å². The van der Waals surface area contributed by atoms with E-state index in [1.54, 1.807) is 0 Å². The first-order valence-corrected chi connectivity index (χ1v) is 17.7. The molecule has 0 aromatic carbocycles. The van der Waals surface area contributed by atoms with Crippen molar-refractivity contribution in [3.63, 3.8) is 0 Å². The number of unbranched alkanes of at least 4 members (excludes halogenated alkanes) is 20. The largest absolute Gasteiger partial charge is 0.511 e. The van der Waals surface area contributed by atoms with Gasteiger partial charge < -0.3 is 24.0 Å². The Labute approximate surface area is 260 Å². The van der Waals surface area contributed by atoms with Crippen LogP contribution in [0.2, 0.25) is 0 Å². The summed E-state index contributed by atoms with van der Waals surface area (Å²) in [6.45, 7) is 4.83. The highest BCUT2D eigenvalue weighted by Gasteiger charge is 2.30. The fraction of sp³-hybridized carbons (Fsp3) is 0.941. The molecule has 1 unspecified atom stereocenters. The summed E-state index contributed by atoms with van der Waals surface area (Å²) in [7, 11) is 2.23. The van der Waals surface area contributed by atoms with Crippen molar-refractivity contribution in [2.75, 3.05) is 33.7 Å². The second kappa shape index (κ2) is 28.6. The average molecular weight is 599 g/mol. The first-order valence-electron chi connectivity index (χ1n) is 17.7. The Morgan fingerprint density at radius 2 is 0.952 bits per heavy atom. The molecule has 0 rings (SSSR count). The molecule has 0 spiro atoms. The van der Waals surface area contributed by atoms with Crippen molar-refractivity contribution in [3.05, 3.63) is 0 Å². The molecule has 0 aliphatic heterocycles. The minimum absolute atomic E-state index is 0.00403. The minimum atomic E-state index is -1.46. The van der Waals surface area contributed by atoms with Crippen molar-refractivity contribution in [3.8, 4) is 0 Å². The van der Waals surface area contributed by atoms with Gasteiger partial charge >= 0.3 is 19.1 Å². The zero-order chi connectivity index (χ0) is 31.3. The summed E-state index contributed by atoms with van der Waals surface area (Å²) in [4.78, 5) is 25.0. The Morgan fingerprint density at radius 1 is 0.595 bits per heavy atom. The standard InChI is InChI=1S/C34H69BNO6/c1-5-7-9-11-13-15-17-19-21-23-25-27-33(37)41-30-32(29-36(3,4)31-35(39)40)42-34(38)28-26-24-22-20-18-16-14-12-10-8-6-2/h32,39-40H,5-31H2,1-4H3/q+1. The third kappa shape index (κ3) is 29.0. The van der Waals surface area contributed by atoms with E-state index in [1.165, 1.54) is 103 Å². The van der Waals surface area contributed by atoms with Crippen LogP contribution in [0.25, 0.3) is 0 Å². The Hall–Kier alpha value is -1.12. The van der Waals surface area contributed by atoms with Gasteiger partial charge in [-0.25, -0.2) is 0 Å². The van der Waals surface area contributed by atoms with Crippen molar-refractivity contribution < 1.29 is 33.6 Å². The quantitative estimate of drug-likeness (QED) is 0.0364. The normalized spacial score (nSPS) is 12.3. The van der Waals surface area contributed by atoms with Crippen LogP contribution in [-0.4, -0.2) is 73.4 Å². The highest BCUT2D eigenvalue weighted by Crippen LogP contribution is 2.15. The molecule has 0 saturated heterocycles. The van der Waals surface area contributed by atoms with Gasteiger partial charge in [-0.15, -0.1) is 0 Å². The molecule has 0 aromatic heterocycles. The highest BCUT2D eigenvalue weighted by molar-refractivity contribution is 6.40. The lowest BCUT2D eigenvalue weighted by atomic mass is 9.90. The summed E-state index contributed by atoms with van der Waals surface area (Å²) in [6.07, 6.45) is 27.1. The van der Waals surface area contributed by atoms with Gasteiger partial charge in [0.2, 0.25) is 0 Å². The number of nitrogens with zero attached hydrogens (tertiary/aromatic N) is 1. The number of ether oxygens (including phenoxy) is 2. The Balaban J connectivity index is 4.23. The maximum absolute atomic E-state index is 12.6. The van der Waals surface area contributed by atoms with E-state index < -0.39 is 13.2 Å². The van der Waals surface area contributed by atoms with Gasteiger partial charge in [-0.3, -0.25) is 9.59 Å². The number of hydrogen-bond acceptors (Lipinski definition) is 6. The van der Waals surface area contributed by atoms with E-state index in [0.29, 0.717) is 19.4 Å². The summed E-state index contributed by atoms with van der Waals surface area (Å²) in [5, 5.41) is 18.9. The van der Waals surface area contributed by atoms with Crippen molar-refractivity contribution in [1.29, 1.82) is 0 Å². The van der Waals surface area contributed by atoms with Gasteiger partial charge in [0.15, 0.2) is 6.10 Å². The Kier molecular flexibility index (Phi) is 27.9. The zero-order valence-electron chi connectivity index (χ0n) is 28.2. The predicted molar refractivity (Wildman–Crippen MR) is 175 cm³/mol. The van der Waals surface area contributed by atoms with Gasteiger partial charge in [-0.05, 0) is 12.8 Å². The maximum Gasteiger partial charge on any atom is 0.511 e. The third-order valence-electron chi connectivity index (χ3n) is 8.05. The SMILES string of the molecule is CCCCCCCCCCCCCC(=O)OCC(C[N+](C)(C)CB(O)O)OC(=O)CCCCCCCCCCCCC. The lowest BCUT2D eigenvalue weighted by molar-refractivity contribution is -0.884. The van der Waals surface area contributed by atoms with Gasteiger partial charge in [0, 0.05) is 12.8 Å². The first kappa shape index (κ1) is 40.9. The highest BCUT2D eigenvalue weighted by atomic mass is 16.6. The molecular formula is C34H69BNO6+. The number of likely N-dealkylation sites (N-methyl/N-ethyl adjacent to an activating group) is 1. The van der Waals surface area contributed by atoms with Gasteiger partial charge in [-0.1, -0.05) is 142 Å². The first-order chi connectivity index (χ1) is 20.2. The Bertz CT molecular complexity index is 631. The molecule has 0 bridgehead atoms. The van der Waals surface area contributed by atoms with Crippen molar-refractivity contribution >= 4 is 19.1 Å². The molecule has 0 heterocycles. The lowest BCUT2D eigenvalue weighted by Crippen LogP contribution is -2.52. The average Bonchev–Trinajstić information content (AvgIpc) is 2.92. The van der Waals surface area contributed by atoms with E-state index in [1.807, 2.05) is 14.1 Å². The van der Waals surface area contributed by atoms with Crippen LogP contribution >= 0.6 is 0 Å². The molecule has 0 fully saturated rings. The van der Waals surface area contributed by atoms with Crippen molar-refractivity contribution in [2.45, 2.75) is 174 Å². The van der Waals surface area contributed by atoms with Crippen LogP contribution in [0.15, 0.2) is 0 Å². The molecule has 8 heteroatoms. The number of carbonyl (C=O) groups is 2. The summed E-state index contributed by atoms with van der Waals surface area (Å²) in [5.74, 6) is -0.535. The van der Waals surface area contributed by atoms with Crippen molar-refractivity contribution in [1.82, 2.24) is 0 Å². The van der Waals surface area contributed by atoms with Gasteiger partial charge in [0.25, 0.3) is 0 Å². The smallest absolute Gasteiger partial charge is 0.461 e. The van der Waals surface area contributed by atoms with Gasteiger partial charge in [0.05, 0.1) is 14.1 Å². The zero-order valence-corrected chi connectivity index (χ0v) is 28.2.